The molecule has 3 nitrogen and oxygen atoms in total. The summed E-state index contributed by atoms with van der Waals surface area (Å²) in [6.45, 7) is 3.55. The van der Waals surface area contributed by atoms with E-state index in [0.29, 0.717) is 5.70 Å². The Labute approximate surface area is 64.1 Å². The number of nitrogens with zero attached hydrogens (tertiary/aromatic N) is 2. The molecule has 0 spiro atoms. The van der Waals surface area contributed by atoms with E-state index < -0.39 is 0 Å². The molecule has 1 aromatic heterocycles. The number of aliphatic imine (C=N–C) groups is 1. The van der Waals surface area contributed by atoms with E-state index in [-0.39, 0.29) is 0 Å². The first-order valence-corrected chi connectivity index (χ1v) is 3.02. The predicted molar refractivity (Wildman–Crippen MR) is 41.4 cm³/mol. The summed E-state index contributed by atoms with van der Waals surface area (Å²) in [5.41, 5.74) is 1.11. The first-order chi connectivity index (χ1) is 5.34. The van der Waals surface area contributed by atoms with Crippen LogP contribution >= 0.6 is 0 Å². The second-order valence-electron chi connectivity index (χ2n) is 1.89. The molecule has 54 valence electrons. The smallest absolute Gasteiger partial charge is 0.240 e. The Morgan fingerprint density at radius 2 is 2.55 bits per heavy atom. The van der Waals surface area contributed by atoms with Crippen molar-refractivity contribution in [3.8, 4) is 0 Å². The topological polar surface area (TPSA) is 42.3 Å². The Bertz CT molecular complexity index is 299. The molecule has 0 unspecified atom stereocenters. The van der Waals surface area contributed by atoms with E-state index in [0.717, 1.165) is 5.56 Å². The first kappa shape index (κ1) is 7.38. The van der Waals surface area contributed by atoms with Gasteiger partial charge >= 0.3 is 0 Å². The van der Waals surface area contributed by atoms with Crippen molar-refractivity contribution >= 4 is 11.8 Å². The predicted octanol–water partition coefficient (Wildman–Crippen LogP) is 1.39. The standard InChI is InChI=1S/C8H6N2O/c1-7(10-6-11)8-3-2-4-9-5-8/h2-5H,1H2. The minimum atomic E-state index is 0.383. The molecule has 0 saturated heterocycles. The van der Waals surface area contributed by atoms with Crippen molar-refractivity contribution in [2.75, 3.05) is 0 Å². The first-order valence-electron chi connectivity index (χ1n) is 3.02. The van der Waals surface area contributed by atoms with E-state index >= 15 is 0 Å². The van der Waals surface area contributed by atoms with Crippen molar-refractivity contribution in [2.45, 2.75) is 0 Å². The van der Waals surface area contributed by atoms with E-state index in [1.54, 1.807) is 24.5 Å². The zero-order valence-corrected chi connectivity index (χ0v) is 5.82. The van der Waals surface area contributed by atoms with E-state index in [1.165, 1.54) is 6.08 Å². The van der Waals surface area contributed by atoms with Crippen LogP contribution in [0.1, 0.15) is 5.56 Å². The molecule has 0 amide bonds. The van der Waals surface area contributed by atoms with Crippen LogP contribution in [0.2, 0.25) is 0 Å². The van der Waals surface area contributed by atoms with Gasteiger partial charge in [0.1, 0.15) is 0 Å². The fourth-order valence-electron chi connectivity index (χ4n) is 0.653. The number of aromatic nitrogens is 1. The monoisotopic (exact) mass is 146 g/mol. The highest BCUT2D eigenvalue weighted by molar-refractivity contribution is 5.66. The average molecular weight is 146 g/mol. The van der Waals surface area contributed by atoms with Crippen LogP contribution < -0.4 is 0 Å². The van der Waals surface area contributed by atoms with Gasteiger partial charge < -0.3 is 0 Å². The Kier molecular flexibility index (Phi) is 2.31. The highest BCUT2D eigenvalue weighted by Gasteiger charge is 1.93. The van der Waals surface area contributed by atoms with E-state index in [4.69, 9.17) is 0 Å². The van der Waals surface area contributed by atoms with Gasteiger partial charge in [0.05, 0.1) is 5.70 Å². The van der Waals surface area contributed by atoms with Crippen LogP contribution in [-0.4, -0.2) is 11.1 Å². The third-order valence-corrected chi connectivity index (χ3v) is 1.18. The molecule has 0 saturated carbocycles. The lowest BCUT2D eigenvalue weighted by molar-refractivity contribution is 0.565. The lowest BCUT2D eigenvalue weighted by Gasteiger charge is -1.93. The van der Waals surface area contributed by atoms with Gasteiger partial charge in [0.15, 0.2) is 0 Å². The maximum Gasteiger partial charge on any atom is 0.240 e. The van der Waals surface area contributed by atoms with Gasteiger partial charge in [-0.05, 0) is 12.1 Å². The summed E-state index contributed by atoms with van der Waals surface area (Å²) in [5.74, 6) is 0. The molecule has 0 bridgehead atoms. The summed E-state index contributed by atoms with van der Waals surface area (Å²) in [7, 11) is 0. The Balaban J connectivity index is 2.94. The van der Waals surface area contributed by atoms with Crippen LogP contribution in [0.15, 0.2) is 36.1 Å². The molecule has 0 fully saturated rings. The van der Waals surface area contributed by atoms with Crippen molar-refractivity contribution in [1.82, 2.24) is 4.98 Å². The van der Waals surface area contributed by atoms with Gasteiger partial charge in [0.2, 0.25) is 6.08 Å². The van der Waals surface area contributed by atoms with Gasteiger partial charge in [-0.2, -0.15) is 4.99 Å². The summed E-state index contributed by atoms with van der Waals surface area (Å²) < 4.78 is 0. The third kappa shape index (κ3) is 1.85. The molecule has 0 aliphatic carbocycles. The molecule has 0 radical (unpaired) electrons. The molecular weight excluding hydrogens is 140 g/mol. The molecule has 3 heteroatoms. The molecule has 0 aliphatic rings. The number of hydrogen-bond donors (Lipinski definition) is 0. The molecular formula is C8H6N2O. The van der Waals surface area contributed by atoms with Crippen LogP contribution in [0.5, 0.6) is 0 Å². The lowest BCUT2D eigenvalue weighted by atomic mass is 10.2. The Morgan fingerprint density at radius 3 is 3.09 bits per heavy atom. The Morgan fingerprint density at radius 1 is 1.73 bits per heavy atom. The molecule has 0 aromatic carbocycles. The van der Waals surface area contributed by atoms with E-state index in [1.807, 2.05) is 0 Å². The van der Waals surface area contributed by atoms with Crippen molar-refractivity contribution in [1.29, 1.82) is 0 Å². The summed E-state index contributed by atoms with van der Waals surface area (Å²) >= 11 is 0. The quantitative estimate of drug-likeness (QED) is 0.467. The molecule has 0 N–H and O–H groups in total. The second-order valence-corrected chi connectivity index (χ2v) is 1.89. The second kappa shape index (κ2) is 3.44. The minimum Gasteiger partial charge on any atom is -0.264 e. The Hall–Kier alpha value is -1.73. The molecule has 0 atom stereocenters. The van der Waals surface area contributed by atoms with Crippen LogP contribution in [-0.2, 0) is 4.79 Å². The fraction of sp³-hybridized carbons (Fsp3) is 0. The molecule has 0 aliphatic heterocycles. The van der Waals surface area contributed by atoms with Gasteiger partial charge in [-0.3, -0.25) is 4.98 Å². The summed E-state index contributed by atoms with van der Waals surface area (Å²) in [6, 6.07) is 3.52. The lowest BCUT2D eigenvalue weighted by Crippen LogP contribution is -1.79. The van der Waals surface area contributed by atoms with Crippen molar-refractivity contribution in [3.05, 3.63) is 36.7 Å². The van der Waals surface area contributed by atoms with Crippen LogP contribution in [0.4, 0.5) is 0 Å². The van der Waals surface area contributed by atoms with Gasteiger partial charge in [-0.25, -0.2) is 4.79 Å². The largest absolute Gasteiger partial charge is 0.264 e. The van der Waals surface area contributed by atoms with Gasteiger partial charge in [0.25, 0.3) is 0 Å². The highest BCUT2D eigenvalue weighted by Crippen LogP contribution is 2.09. The maximum atomic E-state index is 9.82. The molecule has 1 rings (SSSR count). The normalized spacial score (nSPS) is 8.36. The number of carbonyl (C=O) groups excluding carboxylic acids is 1. The third-order valence-electron chi connectivity index (χ3n) is 1.18. The van der Waals surface area contributed by atoms with Gasteiger partial charge in [-0.1, -0.05) is 6.58 Å². The van der Waals surface area contributed by atoms with Crippen LogP contribution in [0.3, 0.4) is 0 Å². The van der Waals surface area contributed by atoms with Crippen LogP contribution in [0.25, 0.3) is 5.70 Å². The summed E-state index contributed by atoms with van der Waals surface area (Å²) in [5, 5.41) is 0. The van der Waals surface area contributed by atoms with Crippen molar-refractivity contribution in [2.24, 2.45) is 4.99 Å². The van der Waals surface area contributed by atoms with Crippen molar-refractivity contribution in [3.63, 3.8) is 0 Å². The molecule has 1 heterocycles. The highest BCUT2D eigenvalue weighted by atomic mass is 16.1. The SMILES string of the molecule is C=C(N=C=O)c1cccnc1. The van der Waals surface area contributed by atoms with E-state index in [9.17, 15) is 4.79 Å². The van der Waals surface area contributed by atoms with Gasteiger partial charge in [0, 0.05) is 18.0 Å². The average Bonchev–Trinajstić information content (AvgIpc) is 2.07. The minimum absolute atomic E-state index is 0.383. The maximum absolute atomic E-state index is 9.82. The fourth-order valence-corrected chi connectivity index (χ4v) is 0.653. The number of rotatable bonds is 2. The number of isocyanates is 1. The number of pyridine rings is 1. The molecule has 1 aromatic rings. The molecule has 11 heavy (non-hydrogen) atoms. The zero-order valence-electron chi connectivity index (χ0n) is 5.82. The van der Waals surface area contributed by atoms with Crippen molar-refractivity contribution < 1.29 is 4.79 Å². The van der Waals surface area contributed by atoms with Gasteiger partial charge in [-0.15, -0.1) is 0 Å². The number of hydrogen-bond acceptors (Lipinski definition) is 3. The summed E-state index contributed by atoms with van der Waals surface area (Å²) in [4.78, 5) is 17.0. The van der Waals surface area contributed by atoms with E-state index in [2.05, 4.69) is 16.6 Å². The summed E-state index contributed by atoms with van der Waals surface area (Å²) in [6.07, 6.45) is 4.64. The zero-order chi connectivity index (χ0) is 8.10. The van der Waals surface area contributed by atoms with Crippen LogP contribution in [0, 0.1) is 0 Å².